The van der Waals surface area contributed by atoms with Gasteiger partial charge in [-0.15, -0.1) is 11.6 Å². The van der Waals surface area contributed by atoms with E-state index in [2.05, 4.69) is 9.97 Å². The van der Waals surface area contributed by atoms with E-state index in [0.717, 1.165) is 0 Å². The molecule has 0 spiro atoms. The van der Waals surface area contributed by atoms with Crippen LogP contribution in [0.15, 0.2) is 17.6 Å². The van der Waals surface area contributed by atoms with Crippen LogP contribution in [0.2, 0.25) is 0 Å². The average Bonchev–Trinajstić information content (AvgIpc) is 2.27. The Morgan fingerprint density at radius 1 is 1.43 bits per heavy atom. The molecule has 0 bridgehead atoms. The second-order valence-corrected chi connectivity index (χ2v) is 3.75. The third-order valence-corrected chi connectivity index (χ3v) is 2.59. The predicted octanol–water partition coefficient (Wildman–Crippen LogP) is 0.832. The Kier molecular flexibility index (Phi) is 4.60. The van der Waals surface area contributed by atoms with Crippen molar-refractivity contribution in [1.82, 2.24) is 9.97 Å². The molecule has 0 saturated carbocycles. The molecule has 0 amide bonds. The molecule has 0 radical (unpaired) electrons. The van der Waals surface area contributed by atoms with Crippen molar-refractivity contribution >= 4 is 23.4 Å². The number of alkyl halides is 1. The molecule has 2 atom stereocenters. The molecule has 1 rings (SSSR count). The molecular formula is C8H11ClN2O2S. The number of aliphatic hydroxyl groups is 2. The Morgan fingerprint density at radius 3 is 2.43 bits per heavy atom. The van der Waals surface area contributed by atoms with E-state index in [4.69, 9.17) is 11.6 Å². The van der Waals surface area contributed by atoms with E-state index in [9.17, 15) is 10.2 Å². The van der Waals surface area contributed by atoms with E-state index < -0.39 is 12.2 Å². The maximum absolute atomic E-state index is 9.53. The topological polar surface area (TPSA) is 66.2 Å². The highest BCUT2D eigenvalue weighted by Gasteiger charge is 2.17. The molecule has 2 N–H and O–H groups in total. The molecule has 0 aliphatic heterocycles. The van der Waals surface area contributed by atoms with Crippen molar-refractivity contribution in [2.45, 2.75) is 17.4 Å². The molecule has 4 nitrogen and oxygen atoms in total. The number of rotatable bonds is 4. The summed E-state index contributed by atoms with van der Waals surface area (Å²) in [5.41, 5.74) is 0.468. The Labute approximate surface area is 91.3 Å². The maximum Gasteiger partial charge on any atom is 0.187 e. The van der Waals surface area contributed by atoms with Crippen molar-refractivity contribution in [2.24, 2.45) is 0 Å². The molecule has 6 heteroatoms. The largest absolute Gasteiger partial charge is 0.389 e. The third kappa shape index (κ3) is 2.81. The summed E-state index contributed by atoms with van der Waals surface area (Å²) in [5.74, 6) is -0.0224. The van der Waals surface area contributed by atoms with E-state index >= 15 is 0 Å². The molecule has 2 unspecified atom stereocenters. The van der Waals surface area contributed by atoms with E-state index in [0.29, 0.717) is 10.7 Å². The van der Waals surface area contributed by atoms with Crippen LogP contribution in [0.1, 0.15) is 11.7 Å². The zero-order valence-corrected chi connectivity index (χ0v) is 9.16. The lowest BCUT2D eigenvalue weighted by molar-refractivity contribution is 0.0322. The first-order valence-electron chi connectivity index (χ1n) is 3.97. The van der Waals surface area contributed by atoms with Gasteiger partial charge in [0.25, 0.3) is 0 Å². The van der Waals surface area contributed by atoms with Crippen LogP contribution in [-0.4, -0.2) is 38.4 Å². The standard InChI is InChI=1S/C8H11ClN2O2S/c1-14-8-10-3-5(4-11-8)7(13)6(12)2-9/h3-4,6-7,12-13H,2H2,1H3. The smallest absolute Gasteiger partial charge is 0.187 e. The maximum atomic E-state index is 9.53. The zero-order chi connectivity index (χ0) is 10.6. The molecule has 0 fully saturated rings. The molecule has 0 aromatic carbocycles. The number of aliphatic hydroxyl groups excluding tert-OH is 2. The van der Waals surface area contributed by atoms with Crippen LogP contribution < -0.4 is 0 Å². The minimum atomic E-state index is -1.02. The molecule has 1 aromatic heterocycles. The molecule has 0 aliphatic rings. The highest BCUT2D eigenvalue weighted by Crippen LogP contribution is 2.17. The van der Waals surface area contributed by atoms with Crippen molar-refractivity contribution in [3.05, 3.63) is 18.0 Å². The Hall–Kier alpha value is -0.360. The van der Waals surface area contributed by atoms with Crippen LogP contribution in [0.5, 0.6) is 0 Å². The minimum absolute atomic E-state index is 0.0224. The second-order valence-electron chi connectivity index (χ2n) is 2.67. The monoisotopic (exact) mass is 234 g/mol. The lowest BCUT2D eigenvalue weighted by Crippen LogP contribution is -2.20. The van der Waals surface area contributed by atoms with E-state index in [-0.39, 0.29) is 5.88 Å². The van der Waals surface area contributed by atoms with Crippen LogP contribution in [0.4, 0.5) is 0 Å². The van der Waals surface area contributed by atoms with Gasteiger partial charge in [-0.25, -0.2) is 9.97 Å². The van der Waals surface area contributed by atoms with Crippen LogP contribution in [0.25, 0.3) is 0 Å². The van der Waals surface area contributed by atoms with Crippen molar-refractivity contribution < 1.29 is 10.2 Å². The first kappa shape index (κ1) is 11.7. The lowest BCUT2D eigenvalue weighted by Gasteiger charge is -2.14. The molecule has 14 heavy (non-hydrogen) atoms. The Morgan fingerprint density at radius 2 is 2.00 bits per heavy atom. The summed E-state index contributed by atoms with van der Waals surface area (Å²) in [5, 5.41) is 19.4. The molecule has 1 aromatic rings. The van der Waals surface area contributed by atoms with Crippen LogP contribution in [0.3, 0.4) is 0 Å². The predicted molar refractivity (Wildman–Crippen MR) is 55.5 cm³/mol. The highest BCUT2D eigenvalue weighted by molar-refractivity contribution is 7.98. The minimum Gasteiger partial charge on any atom is -0.389 e. The summed E-state index contributed by atoms with van der Waals surface area (Å²) in [7, 11) is 0. The number of halogens is 1. The third-order valence-electron chi connectivity index (χ3n) is 1.69. The first-order chi connectivity index (χ1) is 6.69. The number of hydrogen-bond acceptors (Lipinski definition) is 5. The van der Waals surface area contributed by atoms with Crippen LogP contribution in [0, 0.1) is 0 Å². The van der Waals surface area contributed by atoms with Gasteiger partial charge in [0.2, 0.25) is 0 Å². The Balaban J connectivity index is 2.75. The molecule has 0 saturated heterocycles. The fourth-order valence-corrected chi connectivity index (χ4v) is 1.38. The number of aromatic nitrogens is 2. The van der Waals surface area contributed by atoms with Gasteiger partial charge in [0.05, 0.1) is 12.0 Å². The summed E-state index contributed by atoms with van der Waals surface area (Å²) >= 11 is 6.81. The van der Waals surface area contributed by atoms with Crippen LogP contribution in [-0.2, 0) is 0 Å². The summed E-state index contributed by atoms with van der Waals surface area (Å²) < 4.78 is 0. The van der Waals surface area contributed by atoms with Gasteiger partial charge in [0, 0.05) is 18.0 Å². The second kappa shape index (κ2) is 5.50. The SMILES string of the molecule is CSc1ncc(C(O)C(O)CCl)cn1. The molecular weight excluding hydrogens is 224 g/mol. The summed E-state index contributed by atoms with van der Waals surface area (Å²) in [6.07, 6.45) is 2.82. The summed E-state index contributed by atoms with van der Waals surface area (Å²) in [6, 6.07) is 0. The van der Waals surface area contributed by atoms with Gasteiger partial charge in [-0.1, -0.05) is 11.8 Å². The quantitative estimate of drug-likeness (QED) is 0.459. The van der Waals surface area contributed by atoms with Crippen molar-refractivity contribution in [3.8, 4) is 0 Å². The molecule has 0 aliphatic carbocycles. The fraction of sp³-hybridized carbons (Fsp3) is 0.500. The summed E-state index contributed by atoms with van der Waals surface area (Å²) in [4.78, 5) is 7.95. The van der Waals surface area contributed by atoms with Crippen LogP contribution >= 0.6 is 23.4 Å². The molecule has 78 valence electrons. The Bertz CT molecular complexity index is 283. The van der Waals surface area contributed by atoms with Gasteiger partial charge in [0.15, 0.2) is 5.16 Å². The average molecular weight is 235 g/mol. The van der Waals surface area contributed by atoms with E-state index in [1.807, 2.05) is 6.26 Å². The van der Waals surface area contributed by atoms with Gasteiger partial charge in [-0.2, -0.15) is 0 Å². The van der Waals surface area contributed by atoms with Gasteiger partial charge in [-0.05, 0) is 6.26 Å². The molecule has 1 heterocycles. The van der Waals surface area contributed by atoms with E-state index in [1.54, 1.807) is 0 Å². The van der Waals surface area contributed by atoms with Gasteiger partial charge >= 0.3 is 0 Å². The normalized spacial score (nSPS) is 15.1. The fourth-order valence-electron chi connectivity index (χ4n) is 0.891. The lowest BCUT2D eigenvalue weighted by atomic mass is 10.1. The van der Waals surface area contributed by atoms with E-state index in [1.165, 1.54) is 24.2 Å². The first-order valence-corrected chi connectivity index (χ1v) is 5.73. The van der Waals surface area contributed by atoms with Crippen molar-refractivity contribution in [1.29, 1.82) is 0 Å². The zero-order valence-electron chi connectivity index (χ0n) is 7.59. The van der Waals surface area contributed by atoms with Crippen molar-refractivity contribution in [2.75, 3.05) is 12.1 Å². The van der Waals surface area contributed by atoms with Crippen molar-refractivity contribution in [3.63, 3.8) is 0 Å². The number of hydrogen-bond donors (Lipinski definition) is 2. The van der Waals surface area contributed by atoms with Gasteiger partial charge < -0.3 is 10.2 Å². The summed E-state index contributed by atoms with van der Waals surface area (Å²) in [6.45, 7) is 0. The number of thioether (sulfide) groups is 1. The number of nitrogens with zero attached hydrogens (tertiary/aromatic N) is 2. The highest BCUT2D eigenvalue weighted by atomic mass is 35.5. The van der Waals surface area contributed by atoms with Gasteiger partial charge in [0.1, 0.15) is 6.10 Å². The van der Waals surface area contributed by atoms with Gasteiger partial charge in [-0.3, -0.25) is 0 Å².